The quantitative estimate of drug-likeness (QED) is 0.625. The van der Waals surface area contributed by atoms with Crippen LogP contribution in [0.2, 0.25) is 0 Å². The first kappa shape index (κ1) is 6.80. The van der Waals surface area contributed by atoms with Gasteiger partial charge in [0.15, 0.2) is 5.65 Å². The van der Waals surface area contributed by atoms with Gasteiger partial charge in [0, 0.05) is 6.20 Å². The van der Waals surface area contributed by atoms with E-state index in [1.54, 1.807) is 12.4 Å². The molecule has 12 heavy (non-hydrogen) atoms. The van der Waals surface area contributed by atoms with Gasteiger partial charge in [-0.2, -0.15) is 5.26 Å². The van der Waals surface area contributed by atoms with Gasteiger partial charge >= 0.3 is 0 Å². The van der Waals surface area contributed by atoms with Crippen molar-refractivity contribution in [3.63, 3.8) is 0 Å². The van der Waals surface area contributed by atoms with E-state index in [-0.39, 0.29) is 0 Å². The van der Waals surface area contributed by atoms with Crippen molar-refractivity contribution >= 4 is 11.2 Å². The van der Waals surface area contributed by atoms with Crippen LogP contribution < -0.4 is 0 Å². The van der Waals surface area contributed by atoms with E-state index in [4.69, 9.17) is 5.26 Å². The number of hydrogen-bond donors (Lipinski definition) is 1. The third-order valence-electron chi connectivity index (χ3n) is 1.62. The van der Waals surface area contributed by atoms with E-state index in [0.717, 1.165) is 5.69 Å². The molecule has 58 valence electrons. The summed E-state index contributed by atoms with van der Waals surface area (Å²) in [5.41, 5.74) is 2.68. The van der Waals surface area contributed by atoms with Crippen LogP contribution in [0.4, 0.5) is 0 Å². The molecule has 0 saturated carbocycles. The molecule has 2 aromatic heterocycles. The van der Waals surface area contributed by atoms with Gasteiger partial charge in [0.1, 0.15) is 11.6 Å². The van der Waals surface area contributed by atoms with Crippen LogP contribution in [0.25, 0.3) is 11.2 Å². The van der Waals surface area contributed by atoms with E-state index in [1.807, 2.05) is 13.0 Å². The second-order valence-electron chi connectivity index (χ2n) is 2.52. The van der Waals surface area contributed by atoms with Gasteiger partial charge in [-0.05, 0) is 6.92 Å². The molecule has 0 aromatic carbocycles. The first-order valence-electron chi connectivity index (χ1n) is 3.52. The van der Waals surface area contributed by atoms with Crippen LogP contribution in [0, 0.1) is 18.3 Å². The molecule has 2 rings (SSSR count). The molecule has 4 heteroatoms. The number of aromatic amines is 1. The SMILES string of the molecule is Cc1cnc2[nH]cc(C#N)c2n1. The summed E-state index contributed by atoms with van der Waals surface area (Å²) in [5.74, 6) is 0. The van der Waals surface area contributed by atoms with Gasteiger partial charge in [-0.3, -0.25) is 0 Å². The fourth-order valence-corrected chi connectivity index (χ4v) is 1.06. The summed E-state index contributed by atoms with van der Waals surface area (Å²) in [6, 6.07) is 2.04. The van der Waals surface area contributed by atoms with Crippen molar-refractivity contribution in [2.45, 2.75) is 6.92 Å². The van der Waals surface area contributed by atoms with Gasteiger partial charge in [-0.25, -0.2) is 9.97 Å². The lowest BCUT2D eigenvalue weighted by atomic mass is 10.3. The highest BCUT2D eigenvalue weighted by atomic mass is 14.9. The summed E-state index contributed by atoms with van der Waals surface area (Å²) in [5, 5.41) is 8.68. The molecule has 0 amide bonds. The molecule has 1 N–H and O–H groups in total. The molecule has 0 spiro atoms. The molecule has 0 saturated heterocycles. The van der Waals surface area contributed by atoms with Gasteiger partial charge in [-0.15, -0.1) is 0 Å². The fourth-order valence-electron chi connectivity index (χ4n) is 1.06. The number of hydrogen-bond acceptors (Lipinski definition) is 3. The Hall–Kier alpha value is -1.89. The lowest BCUT2D eigenvalue weighted by molar-refractivity contribution is 1.17. The molecular weight excluding hydrogens is 152 g/mol. The maximum atomic E-state index is 8.68. The number of aromatic nitrogens is 3. The minimum Gasteiger partial charge on any atom is -0.343 e. The van der Waals surface area contributed by atoms with Gasteiger partial charge < -0.3 is 4.98 Å². The van der Waals surface area contributed by atoms with E-state index in [0.29, 0.717) is 16.7 Å². The second kappa shape index (κ2) is 2.31. The van der Waals surface area contributed by atoms with Crippen LogP contribution in [0.1, 0.15) is 11.3 Å². The van der Waals surface area contributed by atoms with E-state index in [2.05, 4.69) is 15.0 Å². The molecule has 2 heterocycles. The number of rotatable bonds is 0. The monoisotopic (exact) mass is 158 g/mol. The molecule has 0 atom stereocenters. The zero-order valence-corrected chi connectivity index (χ0v) is 6.50. The predicted octanol–water partition coefficient (Wildman–Crippen LogP) is 1.14. The van der Waals surface area contributed by atoms with E-state index >= 15 is 0 Å². The van der Waals surface area contributed by atoms with Crippen molar-refractivity contribution in [3.8, 4) is 6.07 Å². The van der Waals surface area contributed by atoms with Crippen LogP contribution in [0.15, 0.2) is 12.4 Å². The molecule has 0 bridgehead atoms. The molecule has 0 radical (unpaired) electrons. The van der Waals surface area contributed by atoms with Crippen molar-refractivity contribution in [3.05, 3.63) is 23.7 Å². The molecular formula is C8H6N4. The number of nitriles is 1. The topological polar surface area (TPSA) is 65.4 Å². The summed E-state index contributed by atoms with van der Waals surface area (Å²) in [6.45, 7) is 1.85. The van der Waals surface area contributed by atoms with Crippen LogP contribution in [0.3, 0.4) is 0 Å². The third kappa shape index (κ3) is 0.839. The highest BCUT2D eigenvalue weighted by molar-refractivity contribution is 5.77. The average Bonchev–Trinajstić information content (AvgIpc) is 2.46. The lowest BCUT2D eigenvalue weighted by Crippen LogP contribution is -1.85. The smallest absolute Gasteiger partial charge is 0.157 e. The standard InChI is InChI=1S/C8H6N4/c1-5-3-10-8-7(12-5)6(2-9)4-11-8/h3-4H,1H3,(H,10,11). The Balaban J connectivity index is 2.86. The van der Waals surface area contributed by atoms with E-state index in [9.17, 15) is 0 Å². The van der Waals surface area contributed by atoms with E-state index < -0.39 is 0 Å². The maximum Gasteiger partial charge on any atom is 0.157 e. The summed E-state index contributed by atoms with van der Waals surface area (Å²) < 4.78 is 0. The summed E-state index contributed by atoms with van der Waals surface area (Å²) >= 11 is 0. The van der Waals surface area contributed by atoms with Crippen molar-refractivity contribution < 1.29 is 0 Å². The van der Waals surface area contributed by atoms with Gasteiger partial charge in [-0.1, -0.05) is 0 Å². The van der Waals surface area contributed by atoms with Crippen LogP contribution in [0.5, 0.6) is 0 Å². The van der Waals surface area contributed by atoms with Gasteiger partial charge in [0.05, 0.1) is 17.5 Å². The Labute approximate surface area is 68.9 Å². The normalized spacial score (nSPS) is 10.0. The van der Waals surface area contributed by atoms with Crippen molar-refractivity contribution in [2.75, 3.05) is 0 Å². The number of aryl methyl sites for hydroxylation is 1. The van der Waals surface area contributed by atoms with Gasteiger partial charge in [0.2, 0.25) is 0 Å². The van der Waals surface area contributed by atoms with Crippen molar-refractivity contribution in [1.29, 1.82) is 5.26 Å². The Morgan fingerprint density at radius 3 is 3.17 bits per heavy atom. The molecule has 0 aliphatic rings. The Morgan fingerprint density at radius 1 is 1.58 bits per heavy atom. The Kier molecular flexibility index (Phi) is 1.31. The molecule has 0 unspecified atom stereocenters. The summed E-state index contributed by atoms with van der Waals surface area (Å²) in [4.78, 5) is 11.1. The fraction of sp³-hybridized carbons (Fsp3) is 0.125. The minimum absolute atomic E-state index is 0.543. The predicted molar refractivity (Wildman–Crippen MR) is 43.3 cm³/mol. The first-order valence-corrected chi connectivity index (χ1v) is 3.52. The minimum atomic E-state index is 0.543. The summed E-state index contributed by atoms with van der Waals surface area (Å²) in [7, 11) is 0. The zero-order valence-electron chi connectivity index (χ0n) is 6.50. The summed E-state index contributed by atoms with van der Waals surface area (Å²) in [6.07, 6.45) is 3.28. The van der Waals surface area contributed by atoms with Crippen molar-refractivity contribution in [2.24, 2.45) is 0 Å². The number of fused-ring (bicyclic) bond motifs is 1. The number of H-pyrrole nitrogens is 1. The lowest BCUT2D eigenvalue weighted by Gasteiger charge is -1.90. The number of nitrogens with one attached hydrogen (secondary N) is 1. The molecule has 0 fully saturated rings. The number of nitrogens with zero attached hydrogens (tertiary/aromatic N) is 3. The first-order chi connectivity index (χ1) is 5.81. The van der Waals surface area contributed by atoms with Crippen LogP contribution in [-0.4, -0.2) is 15.0 Å². The van der Waals surface area contributed by atoms with E-state index in [1.165, 1.54) is 0 Å². The Morgan fingerprint density at radius 2 is 2.42 bits per heavy atom. The highest BCUT2D eigenvalue weighted by Gasteiger charge is 2.04. The van der Waals surface area contributed by atoms with Crippen LogP contribution in [-0.2, 0) is 0 Å². The van der Waals surface area contributed by atoms with Crippen LogP contribution >= 0.6 is 0 Å². The third-order valence-corrected chi connectivity index (χ3v) is 1.62. The molecule has 2 aromatic rings. The molecule has 0 aliphatic carbocycles. The molecule has 0 aliphatic heterocycles. The average molecular weight is 158 g/mol. The van der Waals surface area contributed by atoms with Gasteiger partial charge in [0.25, 0.3) is 0 Å². The van der Waals surface area contributed by atoms with Crippen molar-refractivity contribution in [1.82, 2.24) is 15.0 Å². The zero-order chi connectivity index (χ0) is 8.55. The second-order valence-corrected chi connectivity index (χ2v) is 2.52. The highest BCUT2D eigenvalue weighted by Crippen LogP contribution is 2.12. The molecule has 4 nitrogen and oxygen atoms in total. The Bertz CT molecular complexity index is 463. The maximum absolute atomic E-state index is 8.68. The largest absolute Gasteiger partial charge is 0.343 e.